The summed E-state index contributed by atoms with van der Waals surface area (Å²) in [7, 11) is 0. The van der Waals surface area contributed by atoms with E-state index in [4.69, 9.17) is 16.3 Å². The maximum atomic E-state index is 5.98. The number of fused-ring (bicyclic) bond motifs is 1. The first-order chi connectivity index (χ1) is 10.2. The van der Waals surface area contributed by atoms with Crippen LogP contribution < -0.4 is 5.32 Å². The van der Waals surface area contributed by atoms with Gasteiger partial charge in [0.1, 0.15) is 5.65 Å². The van der Waals surface area contributed by atoms with Gasteiger partial charge in [-0.1, -0.05) is 18.5 Å². The lowest BCUT2D eigenvalue weighted by molar-refractivity contribution is -0.0254. The number of nitrogens with one attached hydrogen (secondary N) is 1. The third-order valence-corrected chi connectivity index (χ3v) is 4.04. The molecular formula is C15H21ClN4O. The first-order valence-electron chi connectivity index (χ1n) is 7.42. The van der Waals surface area contributed by atoms with Gasteiger partial charge in [0.25, 0.3) is 0 Å². The van der Waals surface area contributed by atoms with E-state index in [9.17, 15) is 0 Å². The summed E-state index contributed by atoms with van der Waals surface area (Å²) in [4.78, 5) is 6.98. The van der Waals surface area contributed by atoms with Gasteiger partial charge in [0.15, 0.2) is 0 Å². The topological polar surface area (TPSA) is 41.8 Å². The SMILES string of the molecule is CCN1CCOC(CNCc2cn3cc(Cl)ccc3n2)C1. The van der Waals surface area contributed by atoms with E-state index in [1.807, 2.05) is 28.9 Å². The number of hydrogen-bond acceptors (Lipinski definition) is 4. The lowest BCUT2D eigenvalue weighted by Gasteiger charge is -2.32. The molecular weight excluding hydrogens is 288 g/mol. The van der Waals surface area contributed by atoms with Crippen molar-refractivity contribution >= 4 is 17.2 Å². The smallest absolute Gasteiger partial charge is 0.137 e. The highest BCUT2D eigenvalue weighted by Crippen LogP contribution is 2.11. The number of ether oxygens (including phenoxy) is 1. The molecule has 0 saturated carbocycles. The number of hydrogen-bond donors (Lipinski definition) is 1. The number of halogens is 1. The summed E-state index contributed by atoms with van der Waals surface area (Å²) >= 11 is 5.98. The summed E-state index contributed by atoms with van der Waals surface area (Å²) < 4.78 is 7.73. The predicted molar refractivity (Wildman–Crippen MR) is 83.8 cm³/mol. The van der Waals surface area contributed by atoms with Crippen molar-refractivity contribution in [1.82, 2.24) is 19.6 Å². The highest BCUT2D eigenvalue weighted by atomic mass is 35.5. The van der Waals surface area contributed by atoms with E-state index in [0.29, 0.717) is 0 Å². The fourth-order valence-electron chi connectivity index (χ4n) is 2.65. The molecule has 1 unspecified atom stereocenters. The van der Waals surface area contributed by atoms with E-state index < -0.39 is 0 Å². The average Bonchev–Trinajstić information content (AvgIpc) is 2.89. The van der Waals surface area contributed by atoms with Crippen molar-refractivity contribution < 1.29 is 4.74 Å². The normalized spacial score (nSPS) is 20.2. The van der Waals surface area contributed by atoms with Crippen molar-refractivity contribution in [1.29, 1.82) is 0 Å². The molecule has 2 aromatic rings. The summed E-state index contributed by atoms with van der Waals surface area (Å²) in [5, 5.41) is 4.15. The van der Waals surface area contributed by atoms with Crippen LogP contribution in [0.25, 0.3) is 5.65 Å². The highest BCUT2D eigenvalue weighted by molar-refractivity contribution is 6.30. The molecule has 1 atom stereocenters. The molecule has 114 valence electrons. The minimum atomic E-state index is 0.269. The van der Waals surface area contributed by atoms with Crippen molar-refractivity contribution in [3.8, 4) is 0 Å². The van der Waals surface area contributed by atoms with E-state index in [0.717, 1.165) is 55.7 Å². The van der Waals surface area contributed by atoms with Gasteiger partial charge < -0.3 is 14.5 Å². The molecule has 6 heteroatoms. The van der Waals surface area contributed by atoms with E-state index in [2.05, 4.69) is 22.1 Å². The Kier molecular flexibility index (Phi) is 4.75. The van der Waals surface area contributed by atoms with Crippen molar-refractivity contribution in [2.45, 2.75) is 19.6 Å². The summed E-state index contributed by atoms with van der Waals surface area (Å²) in [5.74, 6) is 0. The fourth-order valence-corrected chi connectivity index (χ4v) is 2.82. The van der Waals surface area contributed by atoms with E-state index in [1.54, 1.807) is 0 Å². The number of nitrogens with zero attached hydrogens (tertiary/aromatic N) is 3. The highest BCUT2D eigenvalue weighted by Gasteiger charge is 2.18. The Balaban J connectivity index is 1.52. The molecule has 3 heterocycles. The number of aromatic nitrogens is 2. The summed E-state index contributed by atoms with van der Waals surface area (Å²) in [6.45, 7) is 7.75. The quantitative estimate of drug-likeness (QED) is 0.914. The van der Waals surface area contributed by atoms with Gasteiger partial charge in [-0.2, -0.15) is 0 Å². The molecule has 0 amide bonds. The molecule has 1 saturated heterocycles. The van der Waals surface area contributed by atoms with Gasteiger partial charge in [-0.15, -0.1) is 0 Å². The Morgan fingerprint density at radius 3 is 3.19 bits per heavy atom. The van der Waals surface area contributed by atoms with Crippen molar-refractivity contribution in [3.63, 3.8) is 0 Å². The second kappa shape index (κ2) is 6.75. The van der Waals surface area contributed by atoms with Gasteiger partial charge in [0, 0.05) is 38.6 Å². The molecule has 2 aromatic heterocycles. The van der Waals surface area contributed by atoms with Crippen LogP contribution in [0.1, 0.15) is 12.6 Å². The molecule has 0 radical (unpaired) electrons. The molecule has 1 N–H and O–H groups in total. The van der Waals surface area contributed by atoms with E-state index >= 15 is 0 Å². The van der Waals surface area contributed by atoms with Crippen LogP contribution in [0.2, 0.25) is 5.02 Å². The molecule has 1 aliphatic rings. The minimum absolute atomic E-state index is 0.269. The number of likely N-dealkylation sites (N-methyl/N-ethyl adjacent to an activating group) is 1. The molecule has 5 nitrogen and oxygen atoms in total. The number of rotatable bonds is 5. The fraction of sp³-hybridized carbons (Fsp3) is 0.533. The van der Waals surface area contributed by atoms with Crippen LogP contribution in [-0.2, 0) is 11.3 Å². The van der Waals surface area contributed by atoms with Crippen LogP contribution in [-0.4, -0.2) is 53.2 Å². The molecule has 0 aromatic carbocycles. The monoisotopic (exact) mass is 308 g/mol. The van der Waals surface area contributed by atoms with Gasteiger partial charge in [-0.05, 0) is 18.7 Å². The Labute approximate surface area is 129 Å². The maximum Gasteiger partial charge on any atom is 0.137 e. The molecule has 1 aliphatic heterocycles. The lowest BCUT2D eigenvalue weighted by atomic mass is 10.2. The third-order valence-electron chi connectivity index (χ3n) is 3.81. The predicted octanol–water partition coefficient (Wildman–Crippen LogP) is 1.80. The molecule has 0 spiro atoms. The van der Waals surface area contributed by atoms with Crippen LogP contribution in [0.4, 0.5) is 0 Å². The third kappa shape index (κ3) is 3.74. The van der Waals surface area contributed by atoms with Crippen molar-refractivity contribution in [3.05, 3.63) is 35.2 Å². The van der Waals surface area contributed by atoms with Crippen molar-refractivity contribution in [2.75, 3.05) is 32.8 Å². The van der Waals surface area contributed by atoms with E-state index in [-0.39, 0.29) is 6.10 Å². The summed E-state index contributed by atoms with van der Waals surface area (Å²) in [6.07, 6.45) is 4.15. The minimum Gasteiger partial charge on any atom is -0.374 e. The number of morpholine rings is 1. The summed E-state index contributed by atoms with van der Waals surface area (Å²) in [5.41, 5.74) is 1.93. The molecule has 0 aliphatic carbocycles. The van der Waals surface area contributed by atoms with Crippen LogP contribution >= 0.6 is 11.6 Å². The number of pyridine rings is 1. The van der Waals surface area contributed by atoms with E-state index in [1.165, 1.54) is 0 Å². The lowest BCUT2D eigenvalue weighted by Crippen LogP contribution is -2.46. The van der Waals surface area contributed by atoms with Crippen molar-refractivity contribution in [2.24, 2.45) is 0 Å². The molecule has 3 rings (SSSR count). The molecule has 21 heavy (non-hydrogen) atoms. The standard InChI is InChI=1S/C15H21ClN4O/c1-2-19-5-6-21-14(11-19)8-17-7-13-10-20-9-12(16)3-4-15(20)18-13/h3-4,9-10,14,17H,2,5-8,11H2,1H3. The zero-order valence-electron chi connectivity index (χ0n) is 12.3. The first-order valence-corrected chi connectivity index (χ1v) is 7.80. The van der Waals surface area contributed by atoms with Crippen LogP contribution in [0.3, 0.4) is 0 Å². The average molecular weight is 309 g/mol. The van der Waals surface area contributed by atoms with Crippen LogP contribution in [0, 0.1) is 0 Å². The largest absolute Gasteiger partial charge is 0.374 e. The second-order valence-electron chi connectivity index (χ2n) is 5.36. The van der Waals surface area contributed by atoms with Crippen LogP contribution in [0.5, 0.6) is 0 Å². The Morgan fingerprint density at radius 2 is 2.33 bits per heavy atom. The first kappa shape index (κ1) is 14.8. The van der Waals surface area contributed by atoms with Gasteiger partial charge in [-0.25, -0.2) is 4.98 Å². The molecule has 1 fully saturated rings. The van der Waals surface area contributed by atoms with Gasteiger partial charge in [0.2, 0.25) is 0 Å². The Bertz CT molecular complexity index is 600. The van der Waals surface area contributed by atoms with Gasteiger partial charge >= 0.3 is 0 Å². The van der Waals surface area contributed by atoms with Gasteiger partial charge in [0.05, 0.1) is 23.4 Å². The molecule has 0 bridgehead atoms. The Morgan fingerprint density at radius 1 is 1.43 bits per heavy atom. The van der Waals surface area contributed by atoms with Crippen LogP contribution in [0.15, 0.2) is 24.5 Å². The zero-order chi connectivity index (χ0) is 14.7. The maximum absolute atomic E-state index is 5.98. The zero-order valence-corrected chi connectivity index (χ0v) is 13.0. The Hall–Kier alpha value is -1.14. The van der Waals surface area contributed by atoms with Gasteiger partial charge in [-0.3, -0.25) is 4.90 Å². The second-order valence-corrected chi connectivity index (χ2v) is 5.80. The summed E-state index contributed by atoms with van der Waals surface area (Å²) in [6, 6.07) is 3.78. The number of imidazole rings is 1.